The normalized spacial score (nSPS) is 12.2. The van der Waals surface area contributed by atoms with Crippen molar-refractivity contribution in [2.75, 3.05) is 0 Å². The zero-order valence-electron chi connectivity index (χ0n) is 12.7. The molecule has 4 nitrogen and oxygen atoms in total. The van der Waals surface area contributed by atoms with Gasteiger partial charge in [-0.25, -0.2) is 0 Å². The van der Waals surface area contributed by atoms with Crippen LogP contribution in [0.1, 0.15) is 11.1 Å². The van der Waals surface area contributed by atoms with E-state index in [0.29, 0.717) is 15.3 Å². The summed E-state index contributed by atoms with van der Waals surface area (Å²) in [5, 5.41) is 4.37. The molecule has 6 heteroatoms. The molecule has 0 amide bonds. The van der Waals surface area contributed by atoms with Crippen molar-refractivity contribution in [3.05, 3.63) is 79.0 Å². The number of hydrogen-bond acceptors (Lipinski definition) is 4. The van der Waals surface area contributed by atoms with Gasteiger partial charge >= 0.3 is 0 Å². The first-order valence-electron chi connectivity index (χ1n) is 7.35. The third-order valence-corrected chi connectivity index (χ3v) is 5.36. The van der Waals surface area contributed by atoms with Crippen molar-refractivity contribution >= 4 is 38.3 Å². The molecule has 4 aromatic rings. The van der Waals surface area contributed by atoms with Gasteiger partial charge in [0.2, 0.25) is 4.96 Å². The minimum Gasteiger partial charge on any atom is -0.266 e. The van der Waals surface area contributed by atoms with Crippen LogP contribution in [0.4, 0.5) is 0 Å². The van der Waals surface area contributed by atoms with Crippen molar-refractivity contribution in [1.29, 1.82) is 0 Å². The Bertz CT molecular complexity index is 1150. The van der Waals surface area contributed by atoms with Crippen LogP contribution >= 0.6 is 27.3 Å². The van der Waals surface area contributed by atoms with Crippen molar-refractivity contribution < 1.29 is 0 Å². The first kappa shape index (κ1) is 15.2. The molecule has 0 unspecified atom stereocenters. The highest BCUT2D eigenvalue weighted by molar-refractivity contribution is 9.10. The Balaban J connectivity index is 1.83. The highest BCUT2D eigenvalue weighted by Crippen LogP contribution is 2.18. The predicted molar refractivity (Wildman–Crippen MR) is 100 cm³/mol. The molecule has 0 bridgehead atoms. The first-order valence-corrected chi connectivity index (χ1v) is 8.95. The number of thiazole rings is 1. The topological polar surface area (TPSA) is 47.3 Å². The van der Waals surface area contributed by atoms with Crippen LogP contribution < -0.4 is 10.1 Å². The van der Waals surface area contributed by atoms with E-state index in [-0.39, 0.29) is 5.56 Å². The van der Waals surface area contributed by atoms with Crippen molar-refractivity contribution in [2.45, 2.75) is 6.92 Å². The van der Waals surface area contributed by atoms with Crippen LogP contribution in [-0.2, 0) is 0 Å². The highest BCUT2D eigenvalue weighted by Gasteiger charge is 2.12. The van der Waals surface area contributed by atoms with E-state index in [1.165, 1.54) is 21.4 Å². The molecule has 0 aliphatic rings. The number of fused-ring (bicyclic) bond motifs is 1. The number of aryl methyl sites for hydroxylation is 1. The van der Waals surface area contributed by atoms with E-state index in [4.69, 9.17) is 0 Å². The fourth-order valence-corrected chi connectivity index (χ4v) is 3.69. The molecule has 0 N–H and O–H groups in total. The summed E-state index contributed by atoms with van der Waals surface area (Å²) in [7, 11) is 0. The SMILES string of the molecule is Cc1ccc(-c2nc3s/c(=C/c4ccccc4Br)c(=O)n3n2)cc1. The molecule has 2 heterocycles. The van der Waals surface area contributed by atoms with Gasteiger partial charge in [-0.3, -0.25) is 4.79 Å². The van der Waals surface area contributed by atoms with Crippen LogP contribution in [0.15, 0.2) is 57.8 Å². The molecule has 0 aliphatic heterocycles. The molecule has 0 spiro atoms. The number of rotatable bonds is 2. The summed E-state index contributed by atoms with van der Waals surface area (Å²) in [5.41, 5.74) is 2.90. The average molecular weight is 398 g/mol. The number of halogens is 1. The molecule has 2 aromatic heterocycles. The number of hydrogen-bond donors (Lipinski definition) is 0. The predicted octanol–water partition coefficient (Wildman–Crippen LogP) is 3.44. The van der Waals surface area contributed by atoms with Gasteiger partial charge in [-0.2, -0.15) is 9.50 Å². The van der Waals surface area contributed by atoms with Crippen LogP contribution in [0.2, 0.25) is 0 Å². The monoisotopic (exact) mass is 397 g/mol. The molecule has 0 saturated heterocycles. The van der Waals surface area contributed by atoms with Crippen molar-refractivity contribution in [3.63, 3.8) is 0 Å². The van der Waals surface area contributed by atoms with Crippen LogP contribution in [0.5, 0.6) is 0 Å². The Labute approximate surface area is 150 Å². The van der Waals surface area contributed by atoms with Crippen LogP contribution in [-0.4, -0.2) is 14.6 Å². The Morgan fingerprint density at radius 2 is 1.88 bits per heavy atom. The number of aromatic nitrogens is 3. The molecule has 0 aliphatic carbocycles. The molecule has 0 fully saturated rings. The van der Waals surface area contributed by atoms with Crippen molar-refractivity contribution in [2.24, 2.45) is 0 Å². The summed E-state index contributed by atoms with van der Waals surface area (Å²) in [4.78, 5) is 17.7. The van der Waals surface area contributed by atoms with Gasteiger partial charge in [0.25, 0.3) is 5.56 Å². The maximum Gasteiger partial charge on any atom is 0.291 e. The fraction of sp³-hybridized carbons (Fsp3) is 0.0556. The van der Waals surface area contributed by atoms with Crippen LogP contribution in [0.3, 0.4) is 0 Å². The Morgan fingerprint density at radius 3 is 2.58 bits per heavy atom. The summed E-state index contributed by atoms with van der Waals surface area (Å²) < 4.78 is 2.94. The third kappa shape index (κ3) is 2.68. The zero-order chi connectivity index (χ0) is 16.7. The molecular weight excluding hydrogens is 386 g/mol. The lowest BCUT2D eigenvalue weighted by molar-refractivity contribution is 0.937. The smallest absolute Gasteiger partial charge is 0.266 e. The standard InChI is InChI=1S/C18H12BrN3OS/c1-11-6-8-12(9-7-11)16-20-18-22(21-16)17(23)15(24-18)10-13-4-2-3-5-14(13)19/h2-10H,1H3/b15-10+. The summed E-state index contributed by atoms with van der Waals surface area (Å²) >= 11 is 4.84. The Morgan fingerprint density at radius 1 is 1.12 bits per heavy atom. The van der Waals surface area contributed by atoms with E-state index in [2.05, 4.69) is 26.0 Å². The Hall–Kier alpha value is -2.31. The van der Waals surface area contributed by atoms with E-state index in [1.54, 1.807) is 0 Å². The van der Waals surface area contributed by atoms with E-state index in [1.807, 2.05) is 61.5 Å². The van der Waals surface area contributed by atoms with Crippen molar-refractivity contribution in [1.82, 2.24) is 14.6 Å². The molecule has 0 atom stereocenters. The molecule has 118 valence electrons. The van der Waals surface area contributed by atoms with Gasteiger partial charge < -0.3 is 0 Å². The van der Waals surface area contributed by atoms with E-state index >= 15 is 0 Å². The maximum absolute atomic E-state index is 12.6. The maximum atomic E-state index is 12.6. The third-order valence-electron chi connectivity index (χ3n) is 3.68. The molecule has 24 heavy (non-hydrogen) atoms. The number of nitrogens with zero attached hydrogens (tertiary/aromatic N) is 3. The zero-order valence-corrected chi connectivity index (χ0v) is 15.1. The lowest BCUT2D eigenvalue weighted by atomic mass is 10.1. The second kappa shape index (κ2) is 5.96. The minimum atomic E-state index is -0.142. The molecule has 0 radical (unpaired) electrons. The van der Waals surface area contributed by atoms with E-state index < -0.39 is 0 Å². The molecule has 2 aromatic carbocycles. The van der Waals surface area contributed by atoms with E-state index in [9.17, 15) is 4.79 Å². The van der Waals surface area contributed by atoms with Gasteiger partial charge in [0.1, 0.15) is 0 Å². The minimum absolute atomic E-state index is 0.142. The highest BCUT2D eigenvalue weighted by atomic mass is 79.9. The quantitative estimate of drug-likeness (QED) is 0.520. The molecule has 0 saturated carbocycles. The average Bonchev–Trinajstić information content (AvgIpc) is 3.11. The van der Waals surface area contributed by atoms with Gasteiger partial charge in [-0.15, -0.1) is 5.10 Å². The summed E-state index contributed by atoms with van der Waals surface area (Å²) in [5.74, 6) is 0.575. The van der Waals surface area contributed by atoms with Crippen LogP contribution in [0, 0.1) is 6.92 Å². The van der Waals surface area contributed by atoms with Gasteiger partial charge in [0.15, 0.2) is 5.82 Å². The van der Waals surface area contributed by atoms with Crippen molar-refractivity contribution in [3.8, 4) is 11.4 Å². The summed E-state index contributed by atoms with van der Waals surface area (Å²) in [6.45, 7) is 2.03. The molecule has 4 rings (SSSR count). The second-order valence-electron chi connectivity index (χ2n) is 5.43. The Kier molecular flexibility index (Phi) is 3.78. The molecular formula is C18H12BrN3OS. The summed E-state index contributed by atoms with van der Waals surface area (Å²) in [6, 6.07) is 15.7. The van der Waals surface area contributed by atoms with Gasteiger partial charge in [0, 0.05) is 10.0 Å². The second-order valence-corrected chi connectivity index (χ2v) is 7.30. The number of benzene rings is 2. The lowest BCUT2D eigenvalue weighted by Crippen LogP contribution is -2.23. The summed E-state index contributed by atoms with van der Waals surface area (Å²) in [6.07, 6.45) is 1.86. The van der Waals surface area contributed by atoms with E-state index in [0.717, 1.165) is 15.6 Å². The van der Waals surface area contributed by atoms with Gasteiger partial charge in [-0.05, 0) is 24.6 Å². The lowest BCUT2D eigenvalue weighted by Gasteiger charge is -1.95. The first-order chi connectivity index (χ1) is 11.6. The van der Waals surface area contributed by atoms with Gasteiger partial charge in [0.05, 0.1) is 4.53 Å². The largest absolute Gasteiger partial charge is 0.291 e. The fourth-order valence-electron chi connectivity index (χ4n) is 2.39. The van der Waals surface area contributed by atoms with Gasteiger partial charge in [-0.1, -0.05) is 75.3 Å². The van der Waals surface area contributed by atoms with Crippen LogP contribution in [0.25, 0.3) is 22.4 Å².